The molecule has 0 fully saturated rings. The summed E-state index contributed by atoms with van der Waals surface area (Å²) in [5.74, 6) is 0. The quantitative estimate of drug-likeness (QED) is 0.412. The summed E-state index contributed by atoms with van der Waals surface area (Å²) < 4.78 is 0. The van der Waals surface area contributed by atoms with Crippen molar-refractivity contribution in [2.75, 3.05) is 0 Å². The van der Waals surface area contributed by atoms with Crippen LogP contribution in [0.15, 0.2) is 0 Å². The first-order valence-electron chi connectivity index (χ1n) is 9.57. The topological polar surface area (TPSA) is 0 Å². The highest BCUT2D eigenvalue weighted by atomic mass is 13.8. The highest BCUT2D eigenvalue weighted by Crippen LogP contribution is 1.95. The van der Waals surface area contributed by atoms with E-state index in [9.17, 15) is 0 Å². The first kappa shape index (κ1) is 72.2. The van der Waals surface area contributed by atoms with E-state index in [0.29, 0.717) is 0 Å². The lowest BCUT2D eigenvalue weighted by atomic mass is 10.2. The van der Waals surface area contributed by atoms with Crippen molar-refractivity contribution in [3.05, 3.63) is 0 Å². The second kappa shape index (κ2) is 144. The molecule has 0 amide bonds. The lowest BCUT2D eigenvalue weighted by Gasteiger charge is -1.86. The first-order valence-corrected chi connectivity index (χ1v) is 9.57. The summed E-state index contributed by atoms with van der Waals surface area (Å²) in [6.45, 7) is 21.6. The van der Waals surface area contributed by atoms with Gasteiger partial charge in [0.15, 0.2) is 0 Å². The van der Waals surface area contributed by atoms with E-state index in [1.165, 1.54) is 64.2 Å². The van der Waals surface area contributed by atoms with E-state index >= 15 is 0 Å². The van der Waals surface area contributed by atoms with Crippen molar-refractivity contribution in [3.8, 4) is 0 Å². The van der Waals surface area contributed by atoms with Crippen molar-refractivity contribution in [1.82, 2.24) is 0 Å². The van der Waals surface area contributed by atoms with Gasteiger partial charge in [-0.2, -0.15) is 0 Å². The monoisotopic (exact) mass is 387 g/mol. The van der Waals surface area contributed by atoms with Crippen molar-refractivity contribution in [2.45, 2.75) is 178 Å². The Balaban J connectivity index is -0.0000000117. The van der Waals surface area contributed by atoms with Crippen LogP contribution in [0.2, 0.25) is 0 Å². The highest BCUT2D eigenvalue weighted by molar-refractivity contribution is 4.31. The smallest absolute Gasteiger partial charge is 0.0536 e. The van der Waals surface area contributed by atoms with Crippen LogP contribution in [-0.4, -0.2) is 0 Å². The molecule has 0 aromatic heterocycles. The van der Waals surface area contributed by atoms with Gasteiger partial charge in [0.1, 0.15) is 0 Å². The molecule has 178 valence electrons. The van der Waals surface area contributed by atoms with Gasteiger partial charge in [-0.05, 0) is 0 Å². The minimum absolute atomic E-state index is 0. The standard InChI is InChI=1S/C6H14.C5H12.3C3H8.6CH4/c1-3-5-6-4-2;1-3-5-4-2;3*1-3-2;;;;;;/h3-6H2,1-2H3;3-5H2,1-2H3;3*3H2,1-2H3;6*1H4. The van der Waals surface area contributed by atoms with Gasteiger partial charge < -0.3 is 0 Å². The van der Waals surface area contributed by atoms with E-state index in [0.717, 1.165) is 0 Å². The number of hydrogen-bond acceptors (Lipinski definition) is 0. The largest absolute Gasteiger partial charge is 0.0776 e. The van der Waals surface area contributed by atoms with E-state index in [-0.39, 0.29) is 44.6 Å². The Morgan fingerprint density at radius 2 is 0.385 bits per heavy atom. The molecule has 0 aliphatic heterocycles. The van der Waals surface area contributed by atoms with Crippen molar-refractivity contribution >= 4 is 0 Å². The average molecular weight is 387 g/mol. The lowest BCUT2D eigenvalue weighted by molar-refractivity contribution is 0.702. The fraction of sp³-hybridized carbons (Fsp3) is 1.00. The number of rotatable bonds is 5. The van der Waals surface area contributed by atoms with Crippen LogP contribution >= 0.6 is 0 Å². The van der Waals surface area contributed by atoms with Crippen LogP contribution in [-0.2, 0) is 0 Å². The van der Waals surface area contributed by atoms with Gasteiger partial charge in [0.2, 0.25) is 0 Å². The zero-order valence-electron chi connectivity index (χ0n) is 17.1. The maximum absolute atomic E-state index is 2.23. The van der Waals surface area contributed by atoms with Gasteiger partial charge in [-0.1, -0.05) is 178 Å². The second-order valence-corrected chi connectivity index (χ2v) is 5.18. The molecular weight excluding hydrogens is 312 g/mol. The zero-order valence-corrected chi connectivity index (χ0v) is 17.1. The lowest BCUT2D eigenvalue weighted by Crippen LogP contribution is -1.66. The Morgan fingerprint density at radius 1 is 0.269 bits per heavy atom. The molecule has 0 aromatic rings. The van der Waals surface area contributed by atoms with E-state index in [4.69, 9.17) is 0 Å². The first-order chi connectivity index (χ1) is 9.57. The van der Waals surface area contributed by atoms with Crippen LogP contribution in [0, 0.1) is 0 Å². The van der Waals surface area contributed by atoms with Crippen LogP contribution < -0.4 is 0 Å². The number of unbranched alkanes of at least 4 members (excludes halogenated alkanes) is 5. The fourth-order valence-corrected chi connectivity index (χ4v) is 0.854. The van der Waals surface area contributed by atoms with Gasteiger partial charge in [-0.15, -0.1) is 0 Å². The molecule has 0 aliphatic rings. The van der Waals surface area contributed by atoms with Gasteiger partial charge in [0.25, 0.3) is 0 Å². The van der Waals surface area contributed by atoms with E-state index in [1.807, 2.05) is 0 Å². The maximum Gasteiger partial charge on any atom is -0.0536 e. The van der Waals surface area contributed by atoms with Gasteiger partial charge in [-0.25, -0.2) is 0 Å². The van der Waals surface area contributed by atoms with E-state index in [2.05, 4.69) is 69.2 Å². The molecule has 0 spiro atoms. The van der Waals surface area contributed by atoms with Gasteiger partial charge in [0.05, 0.1) is 0 Å². The minimum atomic E-state index is 0. The van der Waals surface area contributed by atoms with Gasteiger partial charge in [-0.3, -0.25) is 0 Å². The summed E-state index contributed by atoms with van der Waals surface area (Å²) in [5.41, 5.74) is 0. The fourth-order valence-electron chi connectivity index (χ4n) is 0.854. The summed E-state index contributed by atoms with van der Waals surface area (Å²) >= 11 is 0. The summed E-state index contributed by atoms with van der Waals surface area (Å²) in [4.78, 5) is 0. The van der Waals surface area contributed by atoms with Gasteiger partial charge >= 0.3 is 0 Å². The van der Waals surface area contributed by atoms with Crippen molar-refractivity contribution in [2.24, 2.45) is 0 Å². The Morgan fingerprint density at radius 3 is 0.423 bits per heavy atom. The molecule has 0 heteroatoms. The van der Waals surface area contributed by atoms with Crippen LogP contribution in [0.1, 0.15) is 178 Å². The molecule has 0 saturated carbocycles. The third-order valence-electron chi connectivity index (χ3n) is 1.66. The van der Waals surface area contributed by atoms with Gasteiger partial charge in [0, 0.05) is 0 Å². The molecule has 0 radical (unpaired) electrons. The molecule has 0 aliphatic carbocycles. The minimum Gasteiger partial charge on any atom is -0.0776 e. The SMILES string of the molecule is C.C.C.C.C.C.CCC.CCC.CCC.CCCCC.CCCCCC. The van der Waals surface area contributed by atoms with Crippen LogP contribution in [0.5, 0.6) is 0 Å². The Bertz CT molecular complexity index is 55.7. The molecule has 0 heterocycles. The van der Waals surface area contributed by atoms with E-state index < -0.39 is 0 Å². The molecule has 26 heavy (non-hydrogen) atoms. The molecule has 0 unspecified atom stereocenters. The Kier molecular flexibility index (Phi) is 400. The van der Waals surface area contributed by atoms with Crippen molar-refractivity contribution < 1.29 is 0 Å². The second-order valence-electron chi connectivity index (χ2n) is 5.18. The molecular formula is C26H74. The molecule has 0 N–H and O–H groups in total. The predicted molar refractivity (Wildman–Crippen MR) is 143 cm³/mol. The summed E-state index contributed by atoms with van der Waals surface area (Å²) in [6.07, 6.45) is 13.4. The Hall–Kier alpha value is 0. The molecule has 0 saturated heterocycles. The highest BCUT2D eigenvalue weighted by Gasteiger charge is 1.75. The molecule has 0 rings (SSSR count). The van der Waals surface area contributed by atoms with Crippen molar-refractivity contribution in [3.63, 3.8) is 0 Å². The summed E-state index contributed by atoms with van der Waals surface area (Å²) in [5, 5.41) is 0. The predicted octanol–water partition coefficient (Wildman–Crippen LogP) is 12.8. The van der Waals surface area contributed by atoms with E-state index in [1.54, 1.807) is 0 Å². The summed E-state index contributed by atoms with van der Waals surface area (Å²) in [7, 11) is 0. The molecule has 0 aromatic carbocycles. The Labute approximate surface area is 178 Å². The maximum atomic E-state index is 2.23. The van der Waals surface area contributed by atoms with Crippen LogP contribution in [0.3, 0.4) is 0 Å². The van der Waals surface area contributed by atoms with Crippen molar-refractivity contribution in [1.29, 1.82) is 0 Å². The summed E-state index contributed by atoms with van der Waals surface area (Å²) in [6, 6.07) is 0. The normalized spacial score (nSPS) is 5.77. The molecule has 0 atom stereocenters. The van der Waals surface area contributed by atoms with Crippen LogP contribution in [0.25, 0.3) is 0 Å². The number of hydrogen-bond donors (Lipinski definition) is 0. The zero-order chi connectivity index (χ0) is 17.1. The third kappa shape index (κ3) is 508. The molecule has 0 nitrogen and oxygen atoms in total. The molecule has 0 bridgehead atoms. The van der Waals surface area contributed by atoms with Crippen LogP contribution in [0.4, 0.5) is 0 Å². The third-order valence-corrected chi connectivity index (χ3v) is 1.66. The average Bonchev–Trinajstić information content (AvgIpc) is 2.41.